The zero-order valence-electron chi connectivity index (χ0n) is 6.95. The molecule has 5 heteroatoms. The van der Waals surface area contributed by atoms with Gasteiger partial charge in [0.1, 0.15) is 5.82 Å². The summed E-state index contributed by atoms with van der Waals surface area (Å²) >= 11 is -2.08. The van der Waals surface area contributed by atoms with Gasteiger partial charge in [-0.15, -0.1) is 0 Å². The summed E-state index contributed by atoms with van der Waals surface area (Å²) in [6, 6.07) is 5.02. The summed E-state index contributed by atoms with van der Waals surface area (Å²) in [6.07, 6.45) is 0. The molecule has 0 saturated carbocycles. The molecule has 0 fully saturated rings. The van der Waals surface area contributed by atoms with Gasteiger partial charge in [-0.2, -0.15) is 0 Å². The molecule has 0 bridgehead atoms. The molecule has 1 rings (SSSR count). The van der Waals surface area contributed by atoms with E-state index in [-0.39, 0.29) is 35.9 Å². The summed E-state index contributed by atoms with van der Waals surface area (Å²) < 4.78 is 31.0. The van der Waals surface area contributed by atoms with Crippen molar-refractivity contribution in [3.8, 4) is 0 Å². The van der Waals surface area contributed by atoms with E-state index in [1.54, 1.807) is 0 Å². The van der Waals surface area contributed by atoms with Gasteiger partial charge in [0.2, 0.25) is 0 Å². The third-order valence-corrected chi connectivity index (χ3v) is 1.65. The summed E-state index contributed by atoms with van der Waals surface area (Å²) in [5.74, 6) is -0.500. The zero-order valence-corrected chi connectivity index (χ0v) is 8.77. The van der Waals surface area contributed by atoms with Crippen molar-refractivity contribution in [1.29, 1.82) is 0 Å². The van der Waals surface area contributed by atoms with Gasteiger partial charge in [0.25, 0.3) is 0 Å². The molecule has 1 aromatic rings. The first-order valence-electron chi connectivity index (χ1n) is 2.56. The van der Waals surface area contributed by atoms with E-state index < -0.39 is 16.9 Å². The molecule has 0 heterocycles. The van der Waals surface area contributed by atoms with Gasteiger partial charge in [0.15, 0.2) is 11.1 Å². The van der Waals surface area contributed by atoms with Crippen molar-refractivity contribution >= 4 is 11.1 Å². The molecule has 1 atom stereocenters. The number of hydrogen-bond donors (Lipinski definition) is 1. The van der Waals surface area contributed by atoms with Crippen molar-refractivity contribution in [2.24, 2.45) is 0 Å². The van der Waals surface area contributed by atoms with Gasteiger partial charge in [-0.25, -0.2) is 8.60 Å². The van der Waals surface area contributed by atoms with Crippen molar-refractivity contribution in [3.05, 3.63) is 30.1 Å². The van der Waals surface area contributed by atoms with Gasteiger partial charge in [-0.1, -0.05) is 6.07 Å². The van der Waals surface area contributed by atoms with Gasteiger partial charge in [0, 0.05) is 0 Å². The van der Waals surface area contributed by atoms with Gasteiger partial charge < -0.3 is 5.98 Å². The van der Waals surface area contributed by atoms with E-state index in [4.69, 9.17) is 4.55 Å². The largest absolute Gasteiger partial charge is 1.00 e. The topological polar surface area (TPSA) is 37.3 Å². The normalized spacial score (nSPS) is 11.8. The Labute approximate surface area is 89.9 Å². The number of rotatable bonds is 1. The van der Waals surface area contributed by atoms with Gasteiger partial charge in [-0.3, -0.25) is 0 Å². The predicted octanol–water partition coefficient (Wildman–Crippen LogP) is -1.48. The fourth-order valence-electron chi connectivity index (χ4n) is 0.576. The van der Waals surface area contributed by atoms with E-state index in [0.29, 0.717) is 0 Å². The summed E-state index contributed by atoms with van der Waals surface area (Å²) in [5.41, 5.74) is 0. The fourth-order valence-corrected chi connectivity index (χ4v) is 0.984. The Hall–Kier alpha value is 0.260. The van der Waals surface area contributed by atoms with Crippen LogP contribution in [0.25, 0.3) is 0 Å². The average Bonchev–Trinajstić information content (AvgIpc) is 1.88. The molecule has 0 aliphatic heterocycles. The molecule has 0 aromatic heterocycles. The fraction of sp³-hybridized carbons (Fsp3) is 0. The zero-order chi connectivity index (χ0) is 7.56. The molecule has 1 aromatic carbocycles. The minimum absolute atomic E-state index is 0. The van der Waals surface area contributed by atoms with E-state index >= 15 is 0 Å². The first-order valence-corrected chi connectivity index (χ1v) is 3.67. The minimum Gasteiger partial charge on any atom is -1.00 e. The number of benzene rings is 1. The molecule has 0 spiro atoms. The molecule has 0 saturated heterocycles. The molecular formula is C6H6FNaO2S. The molecule has 11 heavy (non-hydrogen) atoms. The Morgan fingerprint density at radius 2 is 2.18 bits per heavy atom. The summed E-state index contributed by atoms with van der Waals surface area (Å²) in [4.78, 5) is 0.0833. The molecule has 0 aliphatic rings. The van der Waals surface area contributed by atoms with Crippen LogP contribution in [0.1, 0.15) is 1.43 Å². The van der Waals surface area contributed by atoms with Crippen LogP contribution in [0.15, 0.2) is 29.2 Å². The van der Waals surface area contributed by atoms with E-state index in [9.17, 15) is 8.60 Å². The summed E-state index contributed by atoms with van der Waals surface area (Å²) in [6.45, 7) is 0. The van der Waals surface area contributed by atoms with Crippen LogP contribution in [0, 0.1) is 5.82 Å². The molecule has 1 N–H and O–H groups in total. The van der Waals surface area contributed by atoms with Crippen molar-refractivity contribution in [2.45, 2.75) is 4.90 Å². The standard InChI is InChI=1S/C6H5FO2S.Na.H/c7-5-2-1-3-6(4-5)10(8)9;;/h1-4H,(H,8,9);;/q;+1;-1. The van der Waals surface area contributed by atoms with E-state index in [0.717, 1.165) is 6.07 Å². The van der Waals surface area contributed by atoms with E-state index in [1.807, 2.05) is 0 Å². The van der Waals surface area contributed by atoms with Crippen molar-refractivity contribution in [3.63, 3.8) is 0 Å². The van der Waals surface area contributed by atoms with Crippen LogP contribution in [0.5, 0.6) is 0 Å². The molecule has 0 amide bonds. The van der Waals surface area contributed by atoms with Crippen molar-refractivity contribution in [2.75, 3.05) is 0 Å². The predicted molar refractivity (Wildman–Crippen MR) is 36.5 cm³/mol. The maximum absolute atomic E-state index is 12.3. The van der Waals surface area contributed by atoms with Crippen LogP contribution >= 0.6 is 0 Å². The second-order valence-corrected chi connectivity index (χ2v) is 2.68. The Kier molecular flexibility index (Phi) is 5.12. The average molecular weight is 184 g/mol. The van der Waals surface area contributed by atoms with Crippen LogP contribution in [0.4, 0.5) is 4.39 Å². The van der Waals surface area contributed by atoms with Crippen molar-refractivity contribution < 1.29 is 44.1 Å². The Morgan fingerprint density at radius 3 is 2.55 bits per heavy atom. The molecular weight excluding hydrogens is 178 g/mol. The maximum atomic E-state index is 12.3. The molecule has 1 unspecified atom stereocenters. The third-order valence-electron chi connectivity index (χ3n) is 0.998. The van der Waals surface area contributed by atoms with Crippen LogP contribution in [-0.2, 0) is 11.1 Å². The van der Waals surface area contributed by atoms with Crippen LogP contribution in [0.3, 0.4) is 0 Å². The first kappa shape index (κ1) is 11.3. The number of hydrogen-bond acceptors (Lipinski definition) is 1. The smallest absolute Gasteiger partial charge is 1.00 e. The summed E-state index contributed by atoms with van der Waals surface area (Å²) in [7, 11) is 0. The SMILES string of the molecule is O=S(O)c1cccc(F)c1.[H-].[Na+]. The van der Waals surface area contributed by atoms with Crippen LogP contribution in [-0.4, -0.2) is 8.76 Å². The Bertz CT molecular complexity index is 271. The quantitative estimate of drug-likeness (QED) is 0.427. The third kappa shape index (κ3) is 3.44. The Balaban J connectivity index is 0. The second kappa shape index (κ2) is 5.00. The van der Waals surface area contributed by atoms with Crippen LogP contribution in [0.2, 0.25) is 0 Å². The molecule has 0 radical (unpaired) electrons. The van der Waals surface area contributed by atoms with Crippen LogP contribution < -0.4 is 29.6 Å². The summed E-state index contributed by atoms with van der Waals surface area (Å²) in [5, 5.41) is 0. The van der Waals surface area contributed by atoms with E-state index in [2.05, 4.69) is 0 Å². The molecule has 0 aliphatic carbocycles. The first-order chi connectivity index (χ1) is 4.70. The number of halogens is 1. The van der Waals surface area contributed by atoms with Crippen molar-refractivity contribution in [1.82, 2.24) is 0 Å². The molecule has 2 nitrogen and oxygen atoms in total. The van der Waals surface area contributed by atoms with Gasteiger partial charge >= 0.3 is 29.6 Å². The second-order valence-electron chi connectivity index (χ2n) is 1.71. The van der Waals surface area contributed by atoms with E-state index in [1.165, 1.54) is 18.2 Å². The van der Waals surface area contributed by atoms with Gasteiger partial charge in [0.05, 0.1) is 4.90 Å². The molecule has 56 valence electrons. The maximum Gasteiger partial charge on any atom is 1.00 e. The van der Waals surface area contributed by atoms with Gasteiger partial charge in [-0.05, 0) is 18.2 Å². The Morgan fingerprint density at radius 1 is 1.55 bits per heavy atom. The minimum atomic E-state index is -2.08. The monoisotopic (exact) mass is 184 g/mol.